The average molecular weight is 303 g/mol. The van der Waals surface area contributed by atoms with E-state index in [4.69, 9.17) is 5.73 Å². The van der Waals surface area contributed by atoms with Gasteiger partial charge in [-0.15, -0.1) is 11.3 Å². The quantitative estimate of drug-likeness (QED) is 0.877. The molecule has 4 heteroatoms. The van der Waals surface area contributed by atoms with Gasteiger partial charge in [-0.3, -0.25) is 0 Å². The molecular formula is C12H19BrN2S. The van der Waals surface area contributed by atoms with E-state index in [0.29, 0.717) is 12.6 Å². The van der Waals surface area contributed by atoms with E-state index in [1.165, 1.54) is 20.6 Å². The van der Waals surface area contributed by atoms with E-state index in [1.807, 2.05) is 11.3 Å². The molecule has 3 unspecified atom stereocenters. The van der Waals surface area contributed by atoms with Gasteiger partial charge >= 0.3 is 0 Å². The van der Waals surface area contributed by atoms with Gasteiger partial charge in [-0.1, -0.05) is 6.92 Å². The third kappa shape index (κ3) is 2.86. The number of hydrogen-bond donors (Lipinski definition) is 2. The summed E-state index contributed by atoms with van der Waals surface area (Å²) in [5.41, 5.74) is 5.83. The molecule has 1 aliphatic rings. The van der Waals surface area contributed by atoms with Gasteiger partial charge in [0.25, 0.3) is 0 Å². The Morgan fingerprint density at radius 2 is 2.38 bits per heavy atom. The van der Waals surface area contributed by atoms with Crippen molar-refractivity contribution in [2.75, 3.05) is 13.1 Å². The van der Waals surface area contributed by atoms with E-state index in [2.05, 4.69) is 41.2 Å². The number of hydrogen-bond acceptors (Lipinski definition) is 3. The Balaban J connectivity index is 1.93. The van der Waals surface area contributed by atoms with Crippen molar-refractivity contribution in [1.82, 2.24) is 5.32 Å². The normalized spacial score (nSPS) is 25.8. The third-order valence-electron chi connectivity index (χ3n) is 3.36. The van der Waals surface area contributed by atoms with Crippen molar-refractivity contribution in [2.45, 2.75) is 26.3 Å². The summed E-state index contributed by atoms with van der Waals surface area (Å²) in [5, 5.41) is 3.58. The van der Waals surface area contributed by atoms with Gasteiger partial charge in [0.2, 0.25) is 0 Å². The molecule has 2 rings (SSSR count). The average Bonchev–Trinajstić information content (AvgIpc) is 2.84. The molecular weight excluding hydrogens is 284 g/mol. The second kappa shape index (κ2) is 5.17. The highest BCUT2D eigenvalue weighted by Crippen LogP contribution is 2.37. The van der Waals surface area contributed by atoms with E-state index in [1.54, 1.807) is 0 Å². The van der Waals surface area contributed by atoms with Gasteiger partial charge < -0.3 is 11.1 Å². The molecule has 1 aliphatic carbocycles. The highest BCUT2D eigenvalue weighted by Gasteiger charge is 2.32. The second-order valence-electron chi connectivity index (χ2n) is 4.72. The van der Waals surface area contributed by atoms with Gasteiger partial charge in [-0.05, 0) is 53.7 Å². The summed E-state index contributed by atoms with van der Waals surface area (Å²) >= 11 is 5.39. The molecule has 90 valence electrons. The van der Waals surface area contributed by atoms with E-state index in [-0.39, 0.29) is 0 Å². The first-order valence-corrected chi connectivity index (χ1v) is 7.42. The standard InChI is InChI=1S/C12H19BrN2S/c1-7-3-9(7)6-15-11(5-14)12-4-10(13)8(2)16-12/h4,7,9,11,15H,3,5-6,14H2,1-2H3. The molecule has 1 heterocycles. The number of thiophene rings is 1. The molecule has 1 saturated carbocycles. The summed E-state index contributed by atoms with van der Waals surface area (Å²) in [6, 6.07) is 2.52. The first-order chi connectivity index (χ1) is 7.61. The summed E-state index contributed by atoms with van der Waals surface area (Å²) in [7, 11) is 0. The predicted molar refractivity (Wildman–Crippen MR) is 73.8 cm³/mol. The Morgan fingerprint density at radius 3 is 2.81 bits per heavy atom. The number of halogens is 1. The minimum Gasteiger partial charge on any atom is -0.329 e. The van der Waals surface area contributed by atoms with Crippen molar-refractivity contribution in [3.8, 4) is 0 Å². The Bertz CT molecular complexity index is 344. The molecule has 3 N–H and O–H groups in total. The van der Waals surface area contributed by atoms with Crippen LogP contribution in [0.25, 0.3) is 0 Å². The van der Waals surface area contributed by atoms with Crippen molar-refractivity contribution >= 4 is 27.3 Å². The van der Waals surface area contributed by atoms with Crippen LogP contribution >= 0.6 is 27.3 Å². The summed E-state index contributed by atoms with van der Waals surface area (Å²) in [5.74, 6) is 1.78. The lowest BCUT2D eigenvalue weighted by molar-refractivity contribution is 0.517. The van der Waals surface area contributed by atoms with Crippen molar-refractivity contribution < 1.29 is 0 Å². The molecule has 2 nitrogen and oxygen atoms in total. The number of aryl methyl sites for hydroxylation is 1. The molecule has 0 aromatic carbocycles. The maximum absolute atomic E-state index is 5.83. The summed E-state index contributed by atoms with van der Waals surface area (Å²) in [6.45, 7) is 6.23. The van der Waals surface area contributed by atoms with Crippen LogP contribution in [-0.4, -0.2) is 13.1 Å². The molecule has 1 aromatic heterocycles. The number of nitrogens with one attached hydrogen (secondary N) is 1. The minimum atomic E-state index is 0.322. The highest BCUT2D eigenvalue weighted by molar-refractivity contribution is 9.10. The van der Waals surface area contributed by atoms with Crippen molar-refractivity contribution in [3.05, 3.63) is 20.3 Å². The maximum Gasteiger partial charge on any atom is 0.0539 e. The fourth-order valence-corrected chi connectivity index (χ4v) is 3.58. The fraction of sp³-hybridized carbons (Fsp3) is 0.667. The van der Waals surface area contributed by atoms with Crippen molar-refractivity contribution in [3.63, 3.8) is 0 Å². The SMILES string of the molecule is Cc1sc(C(CN)NCC2CC2C)cc1Br. The van der Waals surface area contributed by atoms with Crippen LogP contribution in [-0.2, 0) is 0 Å². The number of nitrogens with two attached hydrogens (primary N) is 1. The molecule has 0 spiro atoms. The third-order valence-corrected chi connectivity index (χ3v) is 5.61. The second-order valence-corrected chi connectivity index (χ2v) is 6.86. The van der Waals surface area contributed by atoms with Crippen LogP contribution in [0.15, 0.2) is 10.5 Å². The highest BCUT2D eigenvalue weighted by atomic mass is 79.9. The zero-order valence-electron chi connectivity index (χ0n) is 9.79. The first kappa shape index (κ1) is 12.6. The summed E-state index contributed by atoms with van der Waals surface area (Å²) in [6.07, 6.45) is 1.37. The maximum atomic E-state index is 5.83. The zero-order chi connectivity index (χ0) is 11.7. The molecule has 0 saturated heterocycles. The summed E-state index contributed by atoms with van der Waals surface area (Å²) in [4.78, 5) is 2.68. The smallest absolute Gasteiger partial charge is 0.0539 e. The van der Waals surface area contributed by atoms with Gasteiger partial charge in [0, 0.05) is 20.8 Å². The zero-order valence-corrected chi connectivity index (χ0v) is 12.2. The Labute approximate surface area is 110 Å². The van der Waals surface area contributed by atoms with Crippen LogP contribution in [0.3, 0.4) is 0 Å². The molecule has 0 amide bonds. The lowest BCUT2D eigenvalue weighted by Crippen LogP contribution is -2.29. The molecule has 3 atom stereocenters. The van der Waals surface area contributed by atoms with Crippen LogP contribution in [0.1, 0.15) is 29.1 Å². The topological polar surface area (TPSA) is 38.0 Å². The van der Waals surface area contributed by atoms with Gasteiger partial charge in [0.05, 0.1) is 6.04 Å². The number of rotatable bonds is 5. The van der Waals surface area contributed by atoms with Crippen LogP contribution in [0, 0.1) is 18.8 Å². The van der Waals surface area contributed by atoms with E-state index in [9.17, 15) is 0 Å². The Kier molecular flexibility index (Phi) is 4.06. The minimum absolute atomic E-state index is 0.322. The van der Waals surface area contributed by atoms with Crippen molar-refractivity contribution in [1.29, 1.82) is 0 Å². The van der Waals surface area contributed by atoms with Crippen LogP contribution in [0.5, 0.6) is 0 Å². The van der Waals surface area contributed by atoms with Crippen LogP contribution in [0.2, 0.25) is 0 Å². The van der Waals surface area contributed by atoms with Crippen LogP contribution in [0.4, 0.5) is 0 Å². The lowest BCUT2D eigenvalue weighted by Gasteiger charge is -2.14. The predicted octanol–water partition coefficient (Wildman–Crippen LogP) is 3.06. The van der Waals surface area contributed by atoms with Crippen molar-refractivity contribution in [2.24, 2.45) is 17.6 Å². The van der Waals surface area contributed by atoms with E-state index in [0.717, 1.165) is 18.4 Å². The molecule has 16 heavy (non-hydrogen) atoms. The Hall–Kier alpha value is 0.100. The van der Waals surface area contributed by atoms with Gasteiger partial charge in [0.1, 0.15) is 0 Å². The van der Waals surface area contributed by atoms with Gasteiger partial charge in [-0.2, -0.15) is 0 Å². The molecule has 0 aliphatic heterocycles. The Morgan fingerprint density at radius 1 is 1.69 bits per heavy atom. The molecule has 1 fully saturated rings. The molecule has 0 bridgehead atoms. The van der Waals surface area contributed by atoms with E-state index < -0.39 is 0 Å². The lowest BCUT2D eigenvalue weighted by atomic mass is 10.2. The van der Waals surface area contributed by atoms with E-state index >= 15 is 0 Å². The largest absolute Gasteiger partial charge is 0.329 e. The molecule has 0 radical (unpaired) electrons. The monoisotopic (exact) mass is 302 g/mol. The van der Waals surface area contributed by atoms with Gasteiger partial charge in [-0.25, -0.2) is 0 Å². The van der Waals surface area contributed by atoms with Crippen LogP contribution < -0.4 is 11.1 Å². The first-order valence-electron chi connectivity index (χ1n) is 5.81. The van der Waals surface area contributed by atoms with Gasteiger partial charge in [0.15, 0.2) is 0 Å². The summed E-state index contributed by atoms with van der Waals surface area (Å²) < 4.78 is 1.20. The molecule has 1 aromatic rings. The fourth-order valence-electron chi connectivity index (χ4n) is 1.93.